The molecule has 44 heavy (non-hydrogen) atoms. The average molecular weight is 589 g/mol. The Morgan fingerprint density at radius 3 is 1.91 bits per heavy atom. The highest BCUT2D eigenvalue weighted by molar-refractivity contribution is 6.88. The van der Waals surface area contributed by atoms with Crippen LogP contribution in [0, 0.1) is 13.8 Å². The van der Waals surface area contributed by atoms with E-state index in [4.69, 9.17) is 0 Å². The Balaban J connectivity index is 1.53. The number of aromatic nitrogens is 1. The van der Waals surface area contributed by atoms with Crippen molar-refractivity contribution in [3.63, 3.8) is 0 Å². The van der Waals surface area contributed by atoms with Gasteiger partial charge in [-0.1, -0.05) is 103 Å². The summed E-state index contributed by atoms with van der Waals surface area (Å²) in [6, 6.07) is 38.5. The summed E-state index contributed by atoms with van der Waals surface area (Å²) in [5.41, 5.74) is 13.3. The monoisotopic (exact) mass is 588 g/mol. The second-order valence-electron chi connectivity index (χ2n) is 13.6. The molecule has 0 amide bonds. The molecule has 1 aliphatic heterocycles. The first-order chi connectivity index (χ1) is 21.1. The lowest BCUT2D eigenvalue weighted by Gasteiger charge is -2.45. The van der Waals surface area contributed by atoms with Crippen molar-refractivity contribution in [3.8, 4) is 11.1 Å². The minimum Gasteiger partial charge on any atom is -0.318 e. The zero-order valence-corrected chi connectivity index (χ0v) is 27.2. The molecule has 0 fully saturated rings. The molecular formula is C40H36N2OSi. The van der Waals surface area contributed by atoms with Crippen LogP contribution >= 0.6 is 0 Å². The van der Waals surface area contributed by atoms with E-state index in [2.05, 4.69) is 135 Å². The van der Waals surface area contributed by atoms with Crippen LogP contribution in [0.4, 0.5) is 17.1 Å². The number of hydrogen-bond donors (Lipinski definition) is 0. The standard InChI is InChI=1S/C40H36N2OSi/c1-25-15-19-37-35(21-25)40(33-13-9-7-11-29(33)30-12-8-10-14-34(30)40)36-23-28(44(4,5)6)17-20-38(36)42(37)27-16-18-31-32(22-27)26(2)24-41(3)39(31)43/h7-24H,1-6H3. The minimum absolute atomic E-state index is 0.0325. The summed E-state index contributed by atoms with van der Waals surface area (Å²) in [4.78, 5) is 15.5. The van der Waals surface area contributed by atoms with Gasteiger partial charge in [-0.15, -0.1) is 0 Å². The number of rotatable bonds is 2. The van der Waals surface area contributed by atoms with Crippen LogP contribution in [0.3, 0.4) is 0 Å². The average Bonchev–Trinajstić information content (AvgIpc) is 3.31. The first kappa shape index (κ1) is 26.9. The fourth-order valence-corrected chi connectivity index (χ4v) is 8.96. The molecule has 0 atom stereocenters. The SMILES string of the molecule is Cc1ccc2c(c1)C1(c3ccccc3-c3ccccc31)c1cc([Si](C)(C)C)ccc1N2c1ccc2c(=O)n(C)cc(C)c2c1. The van der Waals surface area contributed by atoms with Gasteiger partial charge in [-0.2, -0.15) is 0 Å². The molecule has 1 aromatic heterocycles. The van der Waals surface area contributed by atoms with Gasteiger partial charge in [-0.3, -0.25) is 4.79 Å². The van der Waals surface area contributed by atoms with E-state index in [0.29, 0.717) is 0 Å². The van der Waals surface area contributed by atoms with Gasteiger partial charge in [0.1, 0.15) is 0 Å². The molecule has 1 aliphatic carbocycles. The molecule has 8 rings (SSSR count). The zero-order chi connectivity index (χ0) is 30.5. The van der Waals surface area contributed by atoms with Crippen molar-refractivity contribution >= 4 is 41.1 Å². The van der Waals surface area contributed by atoms with E-state index in [0.717, 1.165) is 22.0 Å². The number of hydrogen-bond acceptors (Lipinski definition) is 2. The Morgan fingerprint density at radius 1 is 0.636 bits per heavy atom. The molecule has 0 saturated heterocycles. The predicted octanol–water partition coefficient (Wildman–Crippen LogP) is 8.85. The minimum atomic E-state index is -1.66. The van der Waals surface area contributed by atoms with Crippen molar-refractivity contribution in [2.45, 2.75) is 38.9 Å². The van der Waals surface area contributed by atoms with Crippen LogP contribution in [0.1, 0.15) is 33.4 Å². The fraction of sp³-hybridized carbons (Fsp3) is 0.175. The predicted molar refractivity (Wildman–Crippen MR) is 187 cm³/mol. The summed E-state index contributed by atoms with van der Waals surface area (Å²) in [5, 5.41) is 3.20. The van der Waals surface area contributed by atoms with Crippen LogP contribution in [0.5, 0.6) is 0 Å². The van der Waals surface area contributed by atoms with Gasteiger partial charge in [-0.05, 0) is 88.5 Å². The lowest BCUT2D eigenvalue weighted by atomic mass is 9.64. The molecule has 4 heteroatoms. The van der Waals surface area contributed by atoms with Crippen LogP contribution in [-0.4, -0.2) is 12.6 Å². The molecule has 6 aromatic rings. The lowest BCUT2D eigenvalue weighted by Crippen LogP contribution is -2.42. The first-order valence-corrected chi connectivity index (χ1v) is 19.0. The highest BCUT2D eigenvalue weighted by Crippen LogP contribution is 2.63. The molecule has 1 spiro atoms. The third-order valence-corrected chi connectivity index (χ3v) is 11.9. The van der Waals surface area contributed by atoms with Crippen molar-refractivity contribution in [2.24, 2.45) is 7.05 Å². The van der Waals surface area contributed by atoms with Gasteiger partial charge in [0, 0.05) is 24.3 Å². The molecule has 0 unspecified atom stereocenters. The van der Waals surface area contributed by atoms with Crippen molar-refractivity contribution in [1.29, 1.82) is 0 Å². The van der Waals surface area contributed by atoms with E-state index < -0.39 is 13.5 Å². The normalized spacial score (nSPS) is 14.4. The smallest absolute Gasteiger partial charge is 0.258 e. The zero-order valence-electron chi connectivity index (χ0n) is 26.2. The van der Waals surface area contributed by atoms with Crippen molar-refractivity contribution in [2.75, 3.05) is 4.90 Å². The molecule has 3 nitrogen and oxygen atoms in total. The maximum atomic E-state index is 13.1. The van der Waals surface area contributed by atoms with E-state index in [-0.39, 0.29) is 5.56 Å². The summed E-state index contributed by atoms with van der Waals surface area (Å²) < 4.78 is 1.68. The topological polar surface area (TPSA) is 25.2 Å². The molecule has 2 heterocycles. The molecule has 5 aromatic carbocycles. The van der Waals surface area contributed by atoms with Gasteiger partial charge < -0.3 is 9.47 Å². The third-order valence-electron chi connectivity index (χ3n) is 9.88. The summed E-state index contributed by atoms with van der Waals surface area (Å²) in [6.45, 7) is 11.6. The van der Waals surface area contributed by atoms with Crippen LogP contribution in [0.15, 0.2) is 114 Å². The molecule has 0 N–H and O–H groups in total. The molecule has 0 radical (unpaired) electrons. The van der Waals surface area contributed by atoms with Crippen LogP contribution in [0.2, 0.25) is 19.6 Å². The third kappa shape index (κ3) is 3.52. The second kappa shape index (κ2) is 9.17. The summed E-state index contributed by atoms with van der Waals surface area (Å²) in [7, 11) is 0.170. The lowest BCUT2D eigenvalue weighted by molar-refractivity contribution is 0.752. The second-order valence-corrected chi connectivity index (χ2v) is 18.7. The summed E-state index contributed by atoms with van der Waals surface area (Å²) >= 11 is 0. The van der Waals surface area contributed by atoms with Crippen molar-refractivity contribution in [1.82, 2.24) is 4.57 Å². The Morgan fingerprint density at radius 2 is 1.25 bits per heavy atom. The van der Waals surface area contributed by atoms with Crippen molar-refractivity contribution in [3.05, 3.63) is 153 Å². The van der Waals surface area contributed by atoms with Crippen LogP contribution < -0.4 is 15.6 Å². The van der Waals surface area contributed by atoms with E-state index in [1.165, 1.54) is 55.5 Å². The van der Waals surface area contributed by atoms with Gasteiger partial charge >= 0.3 is 0 Å². The summed E-state index contributed by atoms with van der Waals surface area (Å²) in [6.07, 6.45) is 1.94. The molecule has 0 bridgehead atoms. The van der Waals surface area contributed by atoms with Crippen LogP contribution in [-0.2, 0) is 12.5 Å². The maximum Gasteiger partial charge on any atom is 0.258 e. The van der Waals surface area contributed by atoms with Crippen LogP contribution in [0.25, 0.3) is 21.9 Å². The number of benzene rings is 5. The number of anilines is 3. The molecule has 2 aliphatic rings. The van der Waals surface area contributed by atoms with E-state index in [9.17, 15) is 4.79 Å². The van der Waals surface area contributed by atoms with Gasteiger partial charge in [0.15, 0.2) is 0 Å². The number of aryl methyl sites for hydroxylation is 3. The fourth-order valence-electron chi connectivity index (χ4n) is 7.80. The first-order valence-electron chi connectivity index (χ1n) is 15.5. The quantitative estimate of drug-likeness (QED) is 0.189. The van der Waals surface area contributed by atoms with Crippen molar-refractivity contribution < 1.29 is 0 Å². The molecular weight excluding hydrogens is 553 g/mol. The maximum absolute atomic E-state index is 13.1. The highest BCUT2D eigenvalue weighted by atomic mass is 28.3. The Kier molecular flexibility index (Phi) is 5.61. The Labute approximate surface area is 260 Å². The highest BCUT2D eigenvalue weighted by Gasteiger charge is 2.52. The number of nitrogens with zero attached hydrogens (tertiary/aromatic N) is 2. The molecule has 0 saturated carbocycles. The van der Waals surface area contributed by atoms with E-state index in [1.54, 1.807) is 4.57 Å². The van der Waals surface area contributed by atoms with Gasteiger partial charge in [0.2, 0.25) is 0 Å². The number of fused-ring (bicyclic) bond motifs is 10. The Hall–Kier alpha value is -4.67. The largest absolute Gasteiger partial charge is 0.318 e. The Bertz CT molecular complexity index is 2190. The van der Waals surface area contributed by atoms with Gasteiger partial charge in [0.25, 0.3) is 5.56 Å². The summed E-state index contributed by atoms with van der Waals surface area (Å²) in [5.74, 6) is 0. The molecule has 216 valence electrons. The van der Waals surface area contributed by atoms with E-state index in [1.807, 2.05) is 19.3 Å². The van der Waals surface area contributed by atoms with Gasteiger partial charge in [-0.25, -0.2) is 0 Å². The van der Waals surface area contributed by atoms with E-state index >= 15 is 0 Å². The number of pyridine rings is 1. The van der Waals surface area contributed by atoms with Gasteiger partial charge in [0.05, 0.1) is 24.9 Å².